The van der Waals surface area contributed by atoms with E-state index in [0.29, 0.717) is 6.54 Å². The van der Waals surface area contributed by atoms with Crippen molar-refractivity contribution in [1.82, 2.24) is 9.78 Å². The molecule has 0 saturated carbocycles. The lowest BCUT2D eigenvalue weighted by atomic mass is 10.1. The monoisotopic (exact) mass is 181 g/mol. The highest BCUT2D eigenvalue weighted by Gasteiger charge is 2.09. The van der Waals surface area contributed by atoms with Crippen LogP contribution in [0.3, 0.4) is 0 Å². The average molecular weight is 181 g/mol. The molecule has 0 fully saturated rings. The molecule has 1 aromatic rings. The van der Waals surface area contributed by atoms with Crippen molar-refractivity contribution in [2.45, 2.75) is 40.2 Å². The molecule has 0 saturated heterocycles. The molecule has 0 aliphatic rings. The number of aryl methyl sites for hydroxylation is 2. The van der Waals surface area contributed by atoms with Gasteiger partial charge in [0, 0.05) is 12.2 Å². The summed E-state index contributed by atoms with van der Waals surface area (Å²) in [5.74, 6) is 0. The van der Waals surface area contributed by atoms with Crippen molar-refractivity contribution in [2.24, 2.45) is 5.73 Å². The molecule has 74 valence electrons. The highest BCUT2D eigenvalue weighted by Crippen LogP contribution is 2.13. The van der Waals surface area contributed by atoms with Crippen LogP contribution in [-0.2, 0) is 13.0 Å². The van der Waals surface area contributed by atoms with Crippen molar-refractivity contribution >= 4 is 0 Å². The minimum Gasteiger partial charge on any atom is -0.330 e. The standard InChI is InChI=1S/C10H19N3/c1-4-7-13-9(3)10(5-6-11)8(2)12-13/h4-7,11H2,1-3H3. The van der Waals surface area contributed by atoms with Gasteiger partial charge in [-0.2, -0.15) is 5.10 Å². The first kappa shape index (κ1) is 10.3. The van der Waals surface area contributed by atoms with Gasteiger partial charge in [-0.05, 0) is 38.8 Å². The van der Waals surface area contributed by atoms with Crippen LogP contribution in [0.15, 0.2) is 0 Å². The second-order valence-corrected chi connectivity index (χ2v) is 3.41. The SMILES string of the molecule is CCCn1nc(C)c(CCN)c1C. The molecular weight excluding hydrogens is 162 g/mol. The number of hydrogen-bond donors (Lipinski definition) is 1. The first-order valence-corrected chi connectivity index (χ1v) is 4.93. The molecule has 0 aromatic carbocycles. The van der Waals surface area contributed by atoms with Gasteiger partial charge < -0.3 is 5.73 Å². The minimum atomic E-state index is 0.708. The van der Waals surface area contributed by atoms with Crippen molar-refractivity contribution in [1.29, 1.82) is 0 Å². The lowest BCUT2D eigenvalue weighted by molar-refractivity contribution is 0.582. The van der Waals surface area contributed by atoms with E-state index in [2.05, 4.69) is 30.6 Å². The number of rotatable bonds is 4. The molecule has 1 aromatic heterocycles. The Morgan fingerprint density at radius 1 is 1.38 bits per heavy atom. The number of aromatic nitrogens is 2. The van der Waals surface area contributed by atoms with E-state index in [1.54, 1.807) is 0 Å². The Morgan fingerprint density at radius 2 is 2.08 bits per heavy atom. The first-order valence-electron chi connectivity index (χ1n) is 4.93. The average Bonchev–Trinajstić information content (AvgIpc) is 2.34. The minimum absolute atomic E-state index is 0.708. The Labute approximate surface area is 79.9 Å². The molecule has 0 amide bonds. The predicted octanol–water partition coefficient (Wildman–Crippen LogP) is 1.41. The van der Waals surface area contributed by atoms with Gasteiger partial charge in [0.25, 0.3) is 0 Å². The Hall–Kier alpha value is -0.830. The van der Waals surface area contributed by atoms with E-state index < -0.39 is 0 Å². The van der Waals surface area contributed by atoms with E-state index >= 15 is 0 Å². The van der Waals surface area contributed by atoms with E-state index in [1.807, 2.05) is 0 Å². The fourth-order valence-corrected chi connectivity index (χ4v) is 1.67. The predicted molar refractivity (Wildman–Crippen MR) is 54.8 cm³/mol. The Morgan fingerprint density at radius 3 is 2.62 bits per heavy atom. The third kappa shape index (κ3) is 2.10. The summed E-state index contributed by atoms with van der Waals surface area (Å²) in [7, 11) is 0. The second kappa shape index (κ2) is 4.42. The summed E-state index contributed by atoms with van der Waals surface area (Å²) < 4.78 is 2.08. The number of nitrogens with zero attached hydrogens (tertiary/aromatic N) is 2. The Balaban J connectivity index is 2.92. The molecule has 0 atom stereocenters. The zero-order chi connectivity index (χ0) is 9.84. The highest BCUT2D eigenvalue weighted by atomic mass is 15.3. The summed E-state index contributed by atoms with van der Waals surface area (Å²) >= 11 is 0. The van der Waals surface area contributed by atoms with Gasteiger partial charge in [0.2, 0.25) is 0 Å². The molecule has 3 heteroatoms. The van der Waals surface area contributed by atoms with E-state index in [1.165, 1.54) is 11.3 Å². The molecule has 1 heterocycles. The van der Waals surface area contributed by atoms with E-state index in [4.69, 9.17) is 5.73 Å². The molecule has 2 N–H and O–H groups in total. The summed E-state index contributed by atoms with van der Waals surface area (Å²) in [6.45, 7) is 8.07. The van der Waals surface area contributed by atoms with Gasteiger partial charge in [-0.25, -0.2) is 0 Å². The summed E-state index contributed by atoms with van der Waals surface area (Å²) in [6.07, 6.45) is 2.07. The normalized spacial score (nSPS) is 10.8. The quantitative estimate of drug-likeness (QED) is 0.763. The maximum absolute atomic E-state index is 5.54. The largest absolute Gasteiger partial charge is 0.330 e. The van der Waals surface area contributed by atoms with Crippen LogP contribution in [0.25, 0.3) is 0 Å². The lowest BCUT2D eigenvalue weighted by Gasteiger charge is -2.02. The van der Waals surface area contributed by atoms with Crippen LogP contribution in [-0.4, -0.2) is 16.3 Å². The Kier molecular flexibility index (Phi) is 3.48. The van der Waals surface area contributed by atoms with Crippen molar-refractivity contribution in [3.8, 4) is 0 Å². The fourth-order valence-electron chi connectivity index (χ4n) is 1.67. The highest BCUT2D eigenvalue weighted by molar-refractivity contribution is 5.24. The zero-order valence-electron chi connectivity index (χ0n) is 8.80. The molecular formula is C10H19N3. The summed E-state index contributed by atoms with van der Waals surface area (Å²) in [5, 5.41) is 4.48. The molecule has 3 nitrogen and oxygen atoms in total. The molecule has 0 bridgehead atoms. The molecule has 0 radical (unpaired) electrons. The van der Waals surface area contributed by atoms with Gasteiger partial charge >= 0.3 is 0 Å². The lowest BCUT2D eigenvalue weighted by Crippen LogP contribution is -2.05. The van der Waals surface area contributed by atoms with Crippen molar-refractivity contribution in [2.75, 3.05) is 6.54 Å². The molecule has 0 unspecified atom stereocenters. The summed E-state index contributed by atoms with van der Waals surface area (Å²) in [4.78, 5) is 0. The second-order valence-electron chi connectivity index (χ2n) is 3.41. The molecule has 0 spiro atoms. The van der Waals surface area contributed by atoms with Crippen molar-refractivity contribution < 1.29 is 0 Å². The fraction of sp³-hybridized carbons (Fsp3) is 0.700. The van der Waals surface area contributed by atoms with Crippen LogP contribution in [0, 0.1) is 13.8 Å². The van der Waals surface area contributed by atoms with Crippen LogP contribution in [0.1, 0.15) is 30.3 Å². The van der Waals surface area contributed by atoms with Crippen molar-refractivity contribution in [3.63, 3.8) is 0 Å². The third-order valence-corrected chi connectivity index (χ3v) is 2.36. The van der Waals surface area contributed by atoms with E-state index in [0.717, 1.165) is 25.1 Å². The maximum Gasteiger partial charge on any atom is 0.0628 e. The zero-order valence-corrected chi connectivity index (χ0v) is 8.80. The van der Waals surface area contributed by atoms with Gasteiger partial charge in [0.1, 0.15) is 0 Å². The van der Waals surface area contributed by atoms with Crippen LogP contribution in [0.2, 0.25) is 0 Å². The number of hydrogen-bond acceptors (Lipinski definition) is 2. The van der Waals surface area contributed by atoms with Gasteiger partial charge in [-0.3, -0.25) is 4.68 Å². The van der Waals surface area contributed by atoms with Gasteiger partial charge in [0.05, 0.1) is 5.69 Å². The van der Waals surface area contributed by atoms with Gasteiger partial charge in [-0.15, -0.1) is 0 Å². The molecule has 1 rings (SSSR count). The van der Waals surface area contributed by atoms with E-state index in [9.17, 15) is 0 Å². The van der Waals surface area contributed by atoms with Crippen LogP contribution in [0.5, 0.6) is 0 Å². The topological polar surface area (TPSA) is 43.8 Å². The molecule has 13 heavy (non-hydrogen) atoms. The van der Waals surface area contributed by atoms with Crippen LogP contribution < -0.4 is 5.73 Å². The Bertz CT molecular complexity index is 276. The first-order chi connectivity index (χ1) is 6.20. The van der Waals surface area contributed by atoms with Gasteiger partial charge in [-0.1, -0.05) is 6.92 Å². The number of nitrogens with two attached hydrogens (primary N) is 1. The van der Waals surface area contributed by atoms with Gasteiger partial charge in [0.15, 0.2) is 0 Å². The van der Waals surface area contributed by atoms with Crippen LogP contribution in [0.4, 0.5) is 0 Å². The smallest absolute Gasteiger partial charge is 0.0628 e. The third-order valence-electron chi connectivity index (χ3n) is 2.36. The molecule has 0 aliphatic carbocycles. The molecule has 0 aliphatic heterocycles. The van der Waals surface area contributed by atoms with Crippen LogP contribution >= 0.6 is 0 Å². The van der Waals surface area contributed by atoms with Crippen molar-refractivity contribution in [3.05, 3.63) is 17.0 Å². The summed E-state index contributed by atoms with van der Waals surface area (Å²) in [5.41, 5.74) is 9.29. The maximum atomic E-state index is 5.54. The van der Waals surface area contributed by atoms with E-state index in [-0.39, 0.29) is 0 Å². The summed E-state index contributed by atoms with van der Waals surface area (Å²) in [6, 6.07) is 0.